The van der Waals surface area contributed by atoms with Gasteiger partial charge >= 0.3 is 0 Å². The van der Waals surface area contributed by atoms with Gasteiger partial charge < -0.3 is 14.8 Å². The van der Waals surface area contributed by atoms with Gasteiger partial charge in [-0.15, -0.1) is 0 Å². The molecule has 6 heteroatoms. The molecule has 0 spiro atoms. The van der Waals surface area contributed by atoms with Crippen LogP contribution in [0.25, 0.3) is 0 Å². The van der Waals surface area contributed by atoms with E-state index in [1.807, 2.05) is 49.7 Å². The number of nitrogens with one attached hydrogen (secondary N) is 1. The number of aryl methyl sites for hydroxylation is 2. The summed E-state index contributed by atoms with van der Waals surface area (Å²) < 4.78 is 2.70. The molecule has 1 aromatic heterocycles. The van der Waals surface area contributed by atoms with E-state index in [-0.39, 0.29) is 18.4 Å². The molecule has 0 saturated heterocycles. The maximum absolute atomic E-state index is 12.6. The van der Waals surface area contributed by atoms with Gasteiger partial charge in [-0.1, -0.05) is 12.1 Å². The minimum atomic E-state index is -0.215. The first-order valence-corrected chi connectivity index (χ1v) is 8.60. The van der Waals surface area contributed by atoms with Gasteiger partial charge in [-0.3, -0.25) is 9.59 Å². The minimum Gasteiger partial charge on any atom is -0.343 e. The first-order valence-electron chi connectivity index (χ1n) is 7.80. The minimum absolute atomic E-state index is 0.00126. The lowest BCUT2D eigenvalue weighted by molar-refractivity contribution is -0.116. The molecule has 24 heavy (non-hydrogen) atoms. The summed E-state index contributed by atoms with van der Waals surface area (Å²) in [6, 6.07) is 7.53. The van der Waals surface area contributed by atoms with Gasteiger partial charge in [0, 0.05) is 29.9 Å². The van der Waals surface area contributed by atoms with E-state index < -0.39 is 0 Å². The van der Waals surface area contributed by atoms with E-state index >= 15 is 0 Å². The molecular formula is C18H22BrN3O2. The molecule has 128 valence electrons. The summed E-state index contributed by atoms with van der Waals surface area (Å²) in [5.41, 5.74) is 3.48. The van der Waals surface area contributed by atoms with Crippen LogP contribution < -0.4 is 5.32 Å². The summed E-state index contributed by atoms with van der Waals surface area (Å²) in [5.74, 6) is -0.396. The fraction of sp³-hybridized carbons (Fsp3) is 0.333. The maximum atomic E-state index is 12.6. The number of benzene rings is 1. The van der Waals surface area contributed by atoms with Crippen molar-refractivity contribution >= 4 is 33.4 Å². The molecule has 2 amide bonds. The average Bonchev–Trinajstić information content (AvgIpc) is 2.92. The Morgan fingerprint density at radius 1 is 1.29 bits per heavy atom. The third-order valence-electron chi connectivity index (χ3n) is 4.03. The maximum Gasteiger partial charge on any atom is 0.270 e. The number of nitrogens with zero attached hydrogens (tertiary/aromatic N) is 2. The smallest absolute Gasteiger partial charge is 0.270 e. The quantitative estimate of drug-likeness (QED) is 0.846. The number of hydrogen-bond acceptors (Lipinski definition) is 2. The number of carbonyl (C=O) groups excluding carboxylic acids is 2. The molecule has 0 fully saturated rings. The Bertz CT molecular complexity index is 768. The summed E-state index contributed by atoms with van der Waals surface area (Å²) in [6.45, 7) is 6.62. The second kappa shape index (κ2) is 7.66. The van der Waals surface area contributed by atoms with Crippen molar-refractivity contribution in [3.63, 3.8) is 0 Å². The van der Waals surface area contributed by atoms with Crippen LogP contribution in [0.1, 0.15) is 28.5 Å². The van der Waals surface area contributed by atoms with E-state index in [2.05, 4.69) is 21.2 Å². The molecular weight excluding hydrogens is 370 g/mol. The number of amides is 2. The molecule has 5 nitrogen and oxygen atoms in total. The highest BCUT2D eigenvalue weighted by Gasteiger charge is 2.19. The Balaban J connectivity index is 2.05. The zero-order valence-corrected chi connectivity index (χ0v) is 16.0. The Kier molecular flexibility index (Phi) is 5.83. The monoisotopic (exact) mass is 391 g/mol. The van der Waals surface area contributed by atoms with Crippen LogP contribution in [0.3, 0.4) is 0 Å². The standard InChI is InChI=1S/C18H22BrN3O2/c1-5-22-10-14(19)9-16(22)18(24)21(4)11-17(23)20-15-8-6-7-12(2)13(15)3/h6-10H,5,11H2,1-4H3,(H,20,23). The van der Waals surface area contributed by atoms with E-state index in [9.17, 15) is 9.59 Å². The van der Waals surface area contributed by atoms with Crippen LogP contribution in [0, 0.1) is 13.8 Å². The van der Waals surface area contributed by atoms with Crippen molar-refractivity contribution in [3.05, 3.63) is 51.8 Å². The van der Waals surface area contributed by atoms with Gasteiger partial charge in [-0.2, -0.15) is 0 Å². The SMILES string of the molecule is CCn1cc(Br)cc1C(=O)N(C)CC(=O)Nc1cccc(C)c1C. The van der Waals surface area contributed by atoms with Gasteiger partial charge in [-0.05, 0) is 60.0 Å². The molecule has 0 saturated carbocycles. The van der Waals surface area contributed by atoms with Crippen molar-refractivity contribution in [2.45, 2.75) is 27.3 Å². The highest BCUT2D eigenvalue weighted by Crippen LogP contribution is 2.18. The lowest BCUT2D eigenvalue weighted by atomic mass is 10.1. The number of likely N-dealkylation sites (N-methyl/N-ethyl adjacent to an activating group) is 1. The molecule has 0 aliphatic rings. The highest BCUT2D eigenvalue weighted by atomic mass is 79.9. The molecule has 0 aliphatic carbocycles. The molecule has 1 N–H and O–H groups in total. The van der Waals surface area contributed by atoms with Crippen LogP contribution in [0.2, 0.25) is 0 Å². The van der Waals surface area contributed by atoms with Gasteiger partial charge in [0.15, 0.2) is 0 Å². The van der Waals surface area contributed by atoms with Crippen LogP contribution in [-0.2, 0) is 11.3 Å². The summed E-state index contributed by atoms with van der Waals surface area (Å²) in [4.78, 5) is 26.2. The van der Waals surface area contributed by atoms with Crippen molar-refractivity contribution in [1.29, 1.82) is 0 Å². The molecule has 2 rings (SSSR count). The van der Waals surface area contributed by atoms with Crippen LogP contribution in [0.15, 0.2) is 34.9 Å². The predicted molar refractivity (Wildman–Crippen MR) is 99.3 cm³/mol. The summed E-state index contributed by atoms with van der Waals surface area (Å²) in [5, 5.41) is 2.87. The highest BCUT2D eigenvalue weighted by molar-refractivity contribution is 9.10. The van der Waals surface area contributed by atoms with Gasteiger partial charge in [0.05, 0.1) is 6.54 Å². The van der Waals surface area contributed by atoms with Gasteiger partial charge in [0.1, 0.15) is 5.69 Å². The van der Waals surface area contributed by atoms with E-state index in [0.717, 1.165) is 21.3 Å². The lowest BCUT2D eigenvalue weighted by Crippen LogP contribution is -2.36. The van der Waals surface area contributed by atoms with Gasteiger partial charge in [0.2, 0.25) is 5.91 Å². The van der Waals surface area contributed by atoms with Crippen LogP contribution in [0.4, 0.5) is 5.69 Å². The number of rotatable bonds is 5. The Morgan fingerprint density at radius 3 is 2.67 bits per heavy atom. The molecule has 0 radical (unpaired) electrons. The fourth-order valence-corrected chi connectivity index (χ4v) is 2.94. The van der Waals surface area contributed by atoms with E-state index in [1.165, 1.54) is 4.90 Å². The fourth-order valence-electron chi connectivity index (χ4n) is 2.47. The van der Waals surface area contributed by atoms with Gasteiger partial charge in [-0.25, -0.2) is 0 Å². The van der Waals surface area contributed by atoms with Crippen LogP contribution in [-0.4, -0.2) is 34.9 Å². The summed E-state index contributed by atoms with van der Waals surface area (Å²) in [6.07, 6.45) is 1.86. The van der Waals surface area contributed by atoms with Crippen molar-refractivity contribution in [2.75, 3.05) is 18.9 Å². The van der Waals surface area contributed by atoms with Crippen molar-refractivity contribution < 1.29 is 9.59 Å². The Labute approximate surface area is 150 Å². The first-order chi connectivity index (χ1) is 11.3. The number of hydrogen-bond donors (Lipinski definition) is 1. The molecule has 0 aliphatic heterocycles. The molecule has 1 aromatic carbocycles. The third-order valence-corrected chi connectivity index (χ3v) is 4.46. The second-order valence-corrected chi connectivity index (χ2v) is 6.70. The van der Waals surface area contributed by atoms with Gasteiger partial charge in [0.25, 0.3) is 5.91 Å². The Hall–Kier alpha value is -2.08. The molecule has 2 aromatic rings. The first kappa shape index (κ1) is 18.3. The topological polar surface area (TPSA) is 54.3 Å². The second-order valence-electron chi connectivity index (χ2n) is 5.79. The van der Waals surface area contributed by atoms with E-state index in [4.69, 9.17) is 0 Å². The number of halogens is 1. The predicted octanol–water partition coefficient (Wildman–Crippen LogP) is 3.60. The number of anilines is 1. The third kappa shape index (κ3) is 4.06. The average molecular weight is 392 g/mol. The summed E-state index contributed by atoms with van der Waals surface area (Å²) >= 11 is 3.38. The summed E-state index contributed by atoms with van der Waals surface area (Å²) in [7, 11) is 1.63. The van der Waals surface area contributed by atoms with Crippen LogP contribution in [0.5, 0.6) is 0 Å². The molecule has 0 atom stereocenters. The van der Waals surface area contributed by atoms with Crippen molar-refractivity contribution in [3.8, 4) is 0 Å². The van der Waals surface area contributed by atoms with Crippen molar-refractivity contribution in [1.82, 2.24) is 9.47 Å². The zero-order chi connectivity index (χ0) is 17.9. The molecule has 0 unspecified atom stereocenters. The number of aromatic nitrogens is 1. The Morgan fingerprint density at radius 2 is 2.00 bits per heavy atom. The lowest BCUT2D eigenvalue weighted by Gasteiger charge is -2.18. The van der Waals surface area contributed by atoms with E-state index in [1.54, 1.807) is 13.1 Å². The normalized spacial score (nSPS) is 10.5. The zero-order valence-electron chi connectivity index (χ0n) is 14.4. The number of carbonyl (C=O) groups is 2. The largest absolute Gasteiger partial charge is 0.343 e. The molecule has 0 bridgehead atoms. The van der Waals surface area contributed by atoms with Crippen molar-refractivity contribution in [2.24, 2.45) is 0 Å². The molecule has 1 heterocycles. The van der Waals surface area contributed by atoms with Crippen LogP contribution >= 0.6 is 15.9 Å². The van der Waals surface area contributed by atoms with E-state index in [0.29, 0.717) is 12.2 Å².